The fourth-order valence-corrected chi connectivity index (χ4v) is 3.48. The van der Waals surface area contributed by atoms with Crippen molar-refractivity contribution < 1.29 is 9.47 Å². The van der Waals surface area contributed by atoms with E-state index in [4.69, 9.17) is 9.47 Å². The fraction of sp³-hybridized carbons (Fsp3) is 0.471. The number of aryl methyl sites for hydroxylation is 1. The maximum Gasteiger partial charge on any atom is 0.196 e. The Balaban J connectivity index is 1.46. The first-order valence-corrected chi connectivity index (χ1v) is 8.79. The van der Waals surface area contributed by atoms with Crippen LogP contribution in [0.15, 0.2) is 29.8 Å². The molecule has 3 rings (SSSR count). The lowest BCUT2D eigenvalue weighted by molar-refractivity contribution is 0.202. The van der Waals surface area contributed by atoms with Gasteiger partial charge in [0.05, 0.1) is 24.0 Å². The topological polar surface area (TPSA) is 37.8 Å². The average Bonchev–Trinajstić information content (AvgIpc) is 3.01. The molecule has 124 valence electrons. The number of hydrogen-bond acceptors (Lipinski definition) is 6. The molecule has 2 aromatic rings. The third-order valence-corrected chi connectivity index (χ3v) is 4.98. The summed E-state index contributed by atoms with van der Waals surface area (Å²) in [5, 5.41) is 0.942. The summed E-state index contributed by atoms with van der Waals surface area (Å²) in [6.45, 7) is 7.78. The van der Waals surface area contributed by atoms with Crippen LogP contribution in [0.2, 0.25) is 0 Å². The molecule has 1 saturated heterocycles. The van der Waals surface area contributed by atoms with Crippen LogP contribution in [-0.4, -0.2) is 56.3 Å². The number of aromatic nitrogens is 1. The lowest BCUT2D eigenvalue weighted by atomic mass is 10.2. The van der Waals surface area contributed by atoms with Crippen molar-refractivity contribution in [1.82, 2.24) is 9.88 Å². The van der Waals surface area contributed by atoms with Crippen LogP contribution >= 0.6 is 11.3 Å². The first kappa shape index (κ1) is 16.1. The van der Waals surface area contributed by atoms with Gasteiger partial charge in [0.1, 0.15) is 12.4 Å². The van der Waals surface area contributed by atoms with Crippen LogP contribution in [0, 0.1) is 6.92 Å². The normalized spacial score (nSPS) is 15.7. The minimum Gasteiger partial charge on any atom is -0.495 e. The van der Waals surface area contributed by atoms with Gasteiger partial charge in [-0.3, -0.25) is 4.90 Å². The Morgan fingerprint density at radius 3 is 2.65 bits per heavy atom. The van der Waals surface area contributed by atoms with Crippen LogP contribution in [-0.2, 0) is 0 Å². The molecule has 0 N–H and O–H groups in total. The lowest BCUT2D eigenvalue weighted by Gasteiger charge is -2.36. The van der Waals surface area contributed by atoms with Crippen molar-refractivity contribution >= 4 is 17.0 Å². The molecule has 1 aromatic carbocycles. The zero-order valence-corrected chi connectivity index (χ0v) is 14.5. The molecule has 23 heavy (non-hydrogen) atoms. The average molecular weight is 333 g/mol. The van der Waals surface area contributed by atoms with Crippen LogP contribution in [0.1, 0.15) is 5.69 Å². The van der Waals surface area contributed by atoms with Gasteiger partial charge in [-0.05, 0) is 19.1 Å². The van der Waals surface area contributed by atoms with Gasteiger partial charge in [0.25, 0.3) is 0 Å². The van der Waals surface area contributed by atoms with Crippen molar-refractivity contribution in [1.29, 1.82) is 0 Å². The Hall–Kier alpha value is -1.79. The number of hydrogen-bond donors (Lipinski definition) is 0. The van der Waals surface area contributed by atoms with E-state index in [1.54, 1.807) is 18.4 Å². The smallest absolute Gasteiger partial charge is 0.196 e. The summed E-state index contributed by atoms with van der Waals surface area (Å²) in [4.78, 5) is 9.04. The quantitative estimate of drug-likeness (QED) is 0.812. The van der Waals surface area contributed by atoms with Gasteiger partial charge in [-0.2, -0.15) is 0 Å². The highest BCUT2D eigenvalue weighted by Gasteiger charge is 2.19. The lowest BCUT2D eigenvalue weighted by Crippen LogP contribution is -2.47. The van der Waals surface area contributed by atoms with Gasteiger partial charge in [-0.15, -0.1) is 0 Å². The molecule has 6 heteroatoms. The molecule has 1 aliphatic heterocycles. The molecular formula is C17H23N3O2S. The molecule has 0 amide bonds. The molecule has 5 nitrogen and oxygen atoms in total. The van der Waals surface area contributed by atoms with Crippen molar-refractivity contribution in [2.45, 2.75) is 6.92 Å². The fourth-order valence-electron chi connectivity index (χ4n) is 2.80. The van der Waals surface area contributed by atoms with E-state index in [2.05, 4.69) is 26.9 Å². The van der Waals surface area contributed by atoms with Gasteiger partial charge in [-0.1, -0.05) is 23.5 Å². The van der Waals surface area contributed by atoms with E-state index in [-0.39, 0.29) is 0 Å². The number of thiazole rings is 1. The van der Waals surface area contributed by atoms with Crippen molar-refractivity contribution in [3.8, 4) is 10.8 Å². The molecule has 0 spiro atoms. The number of methoxy groups -OCH3 is 1. The van der Waals surface area contributed by atoms with Crippen LogP contribution < -0.4 is 14.4 Å². The maximum absolute atomic E-state index is 5.81. The number of benzene rings is 1. The standard InChI is InChI=1S/C17H23N3O2S/c1-14-17(23-13-18-14)22-12-11-19-7-9-20(10-8-19)15-5-3-4-6-16(15)21-2/h3-6,13H,7-12H2,1-2H3. The second-order valence-electron chi connectivity index (χ2n) is 5.57. The zero-order valence-electron chi connectivity index (χ0n) is 13.7. The van der Waals surface area contributed by atoms with E-state index in [9.17, 15) is 0 Å². The Bertz CT molecular complexity index is 624. The predicted octanol–water partition coefficient (Wildman–Crippen LogP) is 2.66. The molecule has 1 aliphatic rings. The van der Waals surface area contributed by atoms with Gasteiger partial charge in [0, 0.05) is 32.7 Å². The summed E-state index contributed by atoms with van der Waals surface area (Å²) in [5.74, 6) is 0.949. The van der Waals surface area contributed by atoms with Gasteiger partial charge >= 0.3 is 0 Å². The van der Waals surface area contributed by atoms with Crippen LogP contribution in [0.3, 0.4) is 0 Å². The molecular weight excluding hydrogens is 310 g/mol. The maximum atomic E-state index is 5.81. The van der Waals surface area contributed by atoms with E-state index in [0.29, 0.717) is 0 Å². The van der Waals surface area contributed by atoms with Crippen molar-refractivity contribution in [2.75, 3.05) is 51.3 Å². The summed E-state index contributed by atoms with van der Waals surface area (Å²) >= 11 is 1.56. The minimum absolute atomic E-state index is 0.720. The highest BCUT2D eigenvalue weighted by molar-refractivity contribution is 7.11. The third-order valence-electron chi connectivity index (χ3n) is 4.14. The van der Waals surface area contributed by atoms with E-state index in [0.717, 1.165) is 55.8 Å². The van der Waals surface area contributed by atoms with Gasteiger partial charge in [0.2, 0.25) is 0 Å². The second-order valence-corrected chi connectivity index (χ2v) is 6.39. The SMILES string of the molecule is COc1ccccc1N1CCN(CCOc2scnc2C)CC1. The molecule has 0 aliphatic carbocycles. The van der Waals surface area contributed by atoms with E-state index < -0.39 is 0 Å². The summed E-state index contributed by atoms with van der Waals surface area (Å²) in [6, 6.07) is 8.23. The molecule has 0 atom stereocenters. The second kappa shape index (κ2) is 7.66. The number of anilines is 1. The number of nitrogens with zero attached hydrogens (tertiary/aromatic N) is 3. The summed E-state index contributed by atoms with van der Waals surface area (Å²) in [7, 11) is 1.73. The third kappa shape index (κ3) is 3.95. The molecule has 1 aromatic heterocycles. The number of piperazine rings is 1. The summed E-state index contributed by atoms with van der Waals surface area (Å²) in [6.07, 6.45) is 0. The molecule has 2 heterocycles. The molecule has 0 saturated carbocycles. The highest BCUT2D eigenvalue weighted by atomic mass is 32.1. The highest BCUT2D eigenvalue weighted by Crippen LogP contribution is 2.28. The Morgan fingerprint density at radius 1 is 1.17 bits per heavy atom. The van der Waals surface area contributed by atoms with Gasteiger partial charge < -0.3 is 14.4 Å². The van der Waals surface area contributed by atoms with E-state index in [1.807, 2.05) is 24.6 Å². The van der Waals surface area contributed by atoms with Gasteiger partial charge in [0.15, 0.2) is 5.06 Å². The Morgan fingerprint density at radius 2 is 1.96 bits per heavy atom. The van der Waals surface area contributed by atoms with E-state index >= 15 is 0 Å². The van der Waals surface area contributed by atoms with E-state index in [1.165, 1.54) is 5.69 Å². The zero-order chi connectivity index (χ0) is 16.1. The van der Waals surface area contributed by atoms with Crippen molar-refractivity contribution in [3.05, 3.63) is 35.5 Å². The Kier molecular flexibility index (Phi) is 5.35. The molecule has 0 unspecified atom stereocenters. The van der Waals surface area contributed by atoms with Crippen molar-refractivity contribution in [2.24, 2.45) is 0 Å². The first-order valence-electron chi connectivity index (χ1n) is 7.91. The van der Waals surface area contributed by atoms with Crippen molar-refractivity contribution in [3.63, 3.8) is 0 Å². The molecule has 1 fully saturated rings. The van der Waals surface area contributed by atoms with Gasteiger partial charge in [-0.25, -0.2) is 4.98 Å². The van der Waals surface area contributed by atoms with Crippen LogP contribution in [0.4, 0.5) is 5.69 Å². The minimum atomic E-state index is 0.720. The monoisotopic (exact) mass is 333 g/mol. The first-order chi connectivity index (χ1) is 11.3. The molecule has 0 bridgehead atoms. The largest absolute Gasteiger partial charge is 0.495 e. The summed E-state index contributed by atoms with van der Waals surface area (Å²) < 4.78 is 11.3. The van der Waals surface area contributed by atoms with Crippen LogP contribution in [0.25, 0.3) is 0 Å². The number of para-hydroxylation sites is 2. The number of rotatable bonds is 6. The number of ether oxygens (including phenoxy) is 2. The predicted molar refractivity (Wildman–Crippen MR) is 94.0 cm³/mol. The van der Waals surface area contributed by atoms with Crippen LogP contribution in [0.5, 0.6) is 10.8 Å². The molecule has 0 radical (unpaired) electrons. The summed E-state index contributed by atoms with van der Waals surface area (Å²) in [5.41, 5.74) is 4.00. The Labute approximate surface area is 141 Å².